The molecule has 0 saturated heterocycles. The standard InChI is InChI=1S/C11H24O.H3N.H2O/c1-2-3-4-5-6-7-8-9-10-11-12;;/h12H,2-11H2,1H3;1H3;1H2. The molecule has 0 aliphatic carbocycles. The van der Waals surface area contributed by atoms with E-state index in [9.17, 15) is 0 Å². The van der Waals surface area contributed by atoms with Crippen LogP contribution in [0.1, 0.15) is 64.7 Å². The van der Waals surface area contributed by atoms with E-state index in [2.05, 4.69) is 6.92 Å². The van der Waals surface area contributed by atoms with E-state index in [-0.39, 0.29) is 11.6 Å². The zero-order chi connectivity index (χ0) is 9.07. The molecule has 0 atom stereocenters. The fourth-order valence-electron chi connectivity index (χ4n) is 1.42. The maximum Gasteiger partial charge on any atom is 0.0431 e. The van der Waals surface area contributed by atoms with Gasteiger partial charge in [0.1, 0.15) is 0 Å². The van der Waals surface area contributed by atoms with Gasteiger partial charge in [0.05, 0.1) is 0 Å². The van der Waals surface area contributed by atoms with Crippen molar-refractivity contribution in [3.8, 4) is 0 Å². The lowest BCUT2D eigenvalue weighted by Gasteiger charge is -1.99. The molecule has 3 nitrogen and oxygen atoms in total. The van der Waals surface area contributed by atoms with Crippen LogP contribution in [0.2, 0.25) is 0 Å². The van der Waals surface area contributed by atoms with Gasteiger partial charge >= 0.3 is 0 Å². The molecule has 0 unspecified atom stereocenters. The average Bonchev–Trinajstić information content (AvgIpc) is 2.10. The van der Waals surface area contributed by atoms with Crippen molar-refractivity contribution in [1.29, 1.82) is 0 Å². The van der Waals surface area contributed by atoms with E-state index < -0.39 is 0 Å². The molecule has 0 bridgehead atoms. The van der Waals surface area contributed by atoms with Crippen molar-refractivity contribution >= 4 is 0 Å². The van der Waals surface area contributed by atoms with Crippen LogP contribution in [-0.2, 0) is 0 Å². The lowest BCUT2D eigenvalue weighted by Crippen LogP contribution is -1.84. The highest BCUT2D eigenvalue weighted by Gasteiger charge is 1.90. The Bertz CT molecular complexity index is 69.7. The van der Waals surface area contributed by atoms with Crippen molar-refractivity contribution in [3.63, 3.8) is 0 Å². The summed E-state index contributed by atoms with van der Waals surface area (Å²) in [5.41, 5.74) is 0. The molecule has 0 amide bonds. The molecule has 3 heteroatoms. The van der Waals surface area contributed by atoms with E-state index in [1.54, 1.807) is 0 Å². The normalized spacial score (nSPS) is 9.00. The molecular formula is C11H29NO2. The minimum Gasteiger partial charge on any atom is -0.412 e. The largest absolute Gasteiger partial charge is 0.412 e. The number of rotatable bonds is 9. The van der Waals surface area contributed by atoms with Crippen LogP contribution in [0, 0.1) is 0 Å². The summed E-state index contributed by atoms with van der Waals surface area (Å²) in [4.78, 5) is 0. The molecule has 6 N–H and O–H groups in total. The molecule has 0 rings (SSSR count). The molecule has 0 aromatic carbocycles. The van der Waals surface area contributed by atoms with Crippen molar-refractivity contribution in [2.75, 3.05) is 6.61 Å². The molecule has 90 valence electrons. The molecule has 0 heterocycles. The summed E-state index contributed by atoms with van der Waals surface area (Å²) < 4.78 is 0. The van der Waals surface area contributed by atoms with Crippen LogP contribution in [0.3, 0.4) is 0 Å². The fourth-order valence-corrected chi connectivity index (χ4v) is 1.42. The monoisotopic (exact) mass is 207 g/mol. The Kier molecular flexibility index (Phi) is 25.9. The van der Waals surface area contributed by atoms with E-state index >= 15 is 0 Å². The first-order valence-electron chi connectivity index (χ1n) is 5.52. The van der Waals surface area contributed by atoms with Gasteiger partial charge < -0.3 is 16.7 Å². The Morgan fingerprint density at radius 3 is 1.43 bits per heavy atom. The van der Waals surface area contributed by atoms with Crippen LogP contribution in [-0.4, -0.2) is 17.2 Å². The summed E-state index contributed by atoms with van der Waals surface area (Å²) in [6.07, 6.45) is 11.8. The molecule has 0 saturated carbocycles. The smallest absolute Gasteiger partial charge is 0.0431 e. The number of aliphatic hydroxyl groups excluding tert-OH is 1. The van der Waals surface area contributed by atoms with E-state index in [0.717, 1.165) is 6.42 Å². The number of aliphatic hydroxyl groups is 1. The van der Waals surface area contributed by atoms with Crippen molar-refractivity contribution < 1.29 is 10.6 Å². The van der Waals surface area contributed by atoms with Gasteiger partial charge in [0, 0.05) is 6.61 Å². The third kappa shape index (κ3) is 17.8. The topological polar surface area (TPSA) is 86.7 Å². The van der Waals surface area contributed by atoms with Crippen LogP contribution in [0.5, 0.6) is 0 Å². The number of hydrogen-bond donors (Lipinski definition) is 2. The summed E-state index contributed by atoms with van der Waals surface area (Å²) in [6, 6.07) is 0. The average molecular weight is 207 g/mol. The number of unbranched alkanes of at least 4 members (excludes halogenated alkanes) is 8. The van der Waals surface area contributed by atoms with Crippen LogP contribution in [0.25, 0.3) is 0 Å². The molecule has 0 aliphatic heterocycles. The maximum atomic E-state index is 8.54. The van der Waals surface area contributed by atoms with Gasteiger partial charge in [-0.25, -0.2) is 0 Å². The van der Waals surface area contributed by atoms with Gasteiger partial charge in [-0.2, -0.15) is 0 Å². The highest BCUT2D eigenvalue weighted by Crippen LogP contribution is 2.08. The second-order valence-electron chi connectivity index (χ2n) is 3.55. The van der Waals surface area contributed by atoms with Crippen LogP contribution < -0.4 is 6.15 Å². The molecular weight excluding hydrogens is 178 g/mol. The van der Waals surface area contributed by atoms with E-state index in [4.69, 9.17) is 5.11 Å². The van der Waals surface area contributed by atoms with Crippen LogP contribution in [0.4, 0.5) is 0 Å². The first-order chi connectivity index (χ1) is 5.91. The first-order valence-corrected chi connectivity index (χ1v) is 5.52. The van der Waals surface area contributed by atoms with Gasteiger partial charge in [-0.05, 0) is 6.42 Å². The molecule has 0 aliphatic rings. The minimum absolute atomic E-state index is 0. The lowest BCUT2D eigenvalue weighted by molar-refractivity contribution is 0.282. The van der Waals surface area contributed by atoms with Crippen molar-refractivity contribution in [3.05, 3.63) is 0 Å². The fraction of sp³-hybridized carbons (Fsp3) is 1.00. The quantitative estimate of drug-likeness (QED) is 0.569. The zero-order valence-corrected chi connectivity index (χ0v) is 9.73. The summed E-state index contributed by atoms with van der Waals surface area (Å²) in [7, 11) is 0. The van der Waals surface area contributed by atoms with Gasteiger partial charge in [0.25, 0.3) is 0 Å². The molecule has 14 heavy (non-hydrogen) atoms. The van der Waals surface area contributed by atoms with Crippen LogP contribution in [0.15, 0.2) is 0 Å². The third-order valence-corrected chi connectivity index (χ3v) is 2.26. The second kappa shape index (κ2) is 18.6. The Morgan fingerprint density at radius 1 is 0.714 bits per heavy atom. The van der Waals surface area contributed by atoms with Gasteiger partial charge in [-0.15, -0.1) is 0 Å². The maximum absolute atomic E-state index is 8.54. The Balaban J connectivity index is -0.000000605. The minimum atomic E-state index is 0. The highest BCUT2D eigenvalue weighted by atomic mass is 16.2. The SMILES string of the molecule is CCCCCCCCCCCO.N.O. The molecule has 0 fully saturated rings. The summed E-state index contributed by atoms with van der Waals surface area (Å²) >= 11 is 0. The zero-order valence-electron chi connectivity index (χ0n) is 9.73. The Hall–Kier alpha value is -0.120. The Morgan fingerprint density at radius 2 is 1.07 bits per heavy atom. The summed E-state index contributed by atoms with van der Waals surface area (Å²) in [6.45, 7) is 2.62. The highest BCUT2D eigenvalue weighted by molar-refractivity contribution is 4.45. The first kappa shape index (κ1) is 19.5. The molecule has 0 spiro atoms. The lowest BCUT2D eigenvalue weighted by atomic mass is 10.1. The summed E-state index contributed by atoms with van der Waals surface area (Å²) in [5, 5.41) is 8.54. The molecule has 0 aromatic heterocycles. The predicted octanol–water partition coefficient (Wildman–Crippen LogP) is 2.85. The van der Waals surface area contributed by atoms with Gasteiger partial charge in [-0.3, -0.25) is 0 Å². The van der Waals surface area contributed by atoms with E-state index in [0.29, 0.717) is 6.61 Å². The number of hydrogen-bond acceptors (Lipinski definition) is 2. The van der Waals surface area contributed by atoms with Crippen molar-refractivity contribution in [1.82, 2.24) is 6.15 Å². The van der Waals surface area contributed by atoms with Gasteiger partial charge in [0.15, 0.2) is 0 Å². The van der Waals surface area contributed by atoms with Gasteiger partial charge in [-0.1, -0.05) is 58.3 Å². The van der Waals surface area contributed by atoms with Crippen molar-refractivity contribution in [2.24, 2.45) is 0 Å². The van der Waals surface area contributed by atoms with E-state index in [1.807, 2.05) is 0 Å². The van der Waals surface area contributed by atoms with Gasteiger partial charge in [0.2, 0.25) is 0 Å². The van der Waals surface area contributed by atoms with Crippen molar-refractivity contribution in [2.45, 2.75) is 64.7 Å². The third-order valence-electron chi connectivity index (χ3n) is 2.26. The molecule has 0 aromatic rings. The van der Waals surface area contributed by atoms with E-state index in [1.165, 1.54) is 51.4 Å². The predicted molar refractivity (Wildman–Crippen MR) is 62.9 cm³/mol. The summed E-state index contributed by atoms with van der Waals surface area (Å²) in [5.74, 6) is 0. The van der Waals surface area contributed by atoms with Crippen LogP contribution >= 0.6 is 0 Å². The second-order valence-corrected chi connectivity index (χ2v) is 3.55. The molecule has 0 radical (unpaired) electrons. The Labute approximate surface area is 88.8 Å².